The first-order valence-corrected chi connectivity index (χ1v) is 11.4. The van der Waals surface area contributed by atoms with Crippen molar-refractivity contribution >= 4 is 29.2 Å². The summed E-state index contributed by atoms with van der Waals surface area (Å²) in [6, 6.07) is 13.2. The standard InChI is InChI=1S/C24H28N6O3/c31-21-8-9-24(26-19-6-2-1-5-18(19)23(33)27-24)10-12-30(21)17-22(32)29-15-13-28(14-16-29)20-7-3-4-11-25-20/h1-7,11,26H,8-10,12-17H2,(H,27,33). The molecule has 1 aromatic carbocycles. The highest BCUT2D eigenvalue weighted by atomic mass is 16.2. The first-order chi connectivity index (χ1) is 16.0. The van der Waals surface area contributed by atoms with Gasteiger partial charge in [0, 0.05) is 57.4 Å². The highest BCUT2D eigenvalue weighted by Crippen LogP contribution is 2.31. The first kappa shape index (κ1) is 21.2. The van der Waals surface area contributed by atoms with Crippen molar-refractivity contribution in [3.63, 3.8) is 0 Å². The topological polar surface area (TPSA) is 97.9 Å². The molecular formula is C24H28N6O3. The van der Waals surface area contributed by atoms with Crippen molar-refractivity contribution in [3.8, 4) is 0 Å². The summed E-state index contributed by atoms with van der Waals surface area (Å²) in [5, 5.41) is 6.51. The number of hydrogen-bond acceptors (Lipinski definition) is 6. The molecule has 2 aromatic rings. The van der Waals surface area contributed by atoms with E-state index in [-0.39, 0.29) is 30.7 Å². The molecule has 0 saturated carbocycles. The van der Waals surface area contributed by atoms with Gasteiger partial charge in [0.2, 0.25) is 11.8 Å². The van der Waals surface area contributed by atoms with E-state index in [0.717, 1.165) is 24.6 Å². The SMILES string of the molecule is O=C1NC2(CCC(=O)N(CC(=O)N3CCN(c4ccccn4)CC3)CC2)Nc2ccccc21. The average Bonchev–Trinajstić information content (AvgIpc) is 2.99. The number of pyridine rings is 1. The van der Waals surface area contributed by atoms with Gasteiger partial charge in [0.05, 0.1) is 12.1 Å². The molecule has 33 heavy (non-hydrogen) atoms. The smallest absolute Gasteiger partial charge is 0.255 e. The van der Waals surface area contributed by atoms with E-state index in [1.165, 1.54) is 0 Å². The fraction of sp³-hybridized carbons (Fsp3) is 0.417. The van der Waals surface area contributed by atoms with Crippen LogP contribution in [-0.2, 0) is 9.59 Å². The fourth-order valence-electron chi connectivity index (χ4n) is 4.82. The zero-order valence-electron chi connectivity index (χ0n) is 18.5. The molecule has 5 rings (SSSR count). The highest BCUT2D eigenvalue weighted by molar-refractivity contribution is 6.02. The van der Waals surface area contributed by atoms with Crippen LogP contribution in [0.25, 0.3) is 0 Å². The third-order valence-corrected chi connectivity index (χ3v) is 6.76. The molecule has 9 nitrogen and oxygen atoms in total. The van der Waals surface area contributed by atoms with Crippen LogP contribution in [0.2, 0.25) is 0 Å². The molecule has 1 atom stereocenters. The summed E-state index contributed by atoms with van der Waals surface area (Å²) in [7, 11) is 0. The van der Waals surface area contributed by atoms with Gasteiger partial charge in [0.25, 0.3) is 5.91 Å². The molecule has 9 heteroatoms. The number of fused-ring (bicyclic) bond motifs is 1. The van der Waals surface area contributed by atoms with E-state index < -0.39 is 5.66 Å². The zero-order chi connectivity index (χ0) is 22.8. The van der Waals surface area contributed by atoms with Crippen LogP contribution in [0.4, 0.5) is 11.5 Å². The molecule has 1 spiro atoms. The van der Waals surface area contributed by atoms with Gasteiger partial charge in [-0.2, -0.15) is 0 Å². The lowest BCUT2D eigenvalue weighted by Gasteiger charge is -2.40. The predicted octanol–water partition coefficient (Wildman–Crippen LogP) is 1.29. The number of aromatic nitrogens is 1. The molecule has 4 heterocycles. The lowest BCUT2D eigenvalue weighted by molar-refractivity contribution is -0.140. The minimum Gasteiger partial charge on any atom is -0.362 e. The van der Waals surface area contributed by atoms with Gasteiger partial charge in [0.1, 0.15) is 11.5 Å². The van der Waals surface area contributed by atoms with Crippen LogP contribution >= 0.6 is 0 Å². The summed E-state index contributed by atoms with van der Waals surface area (Å²) in [6.45, 7) is 3.13. The number of para-hydroxylation sites is 1. The Balaban J connectivity index is 1.19. The number of carbonyl (C=O) groups is 3. The molecule has 0 aliphatic carbocycles. The lowest BCUT2D eigenvalue weighted by Crippen LogP contribution is -2.58. The van der Waals surface area contributed by atoms with Gasteiger partial charge in [0.15, 0.2) is 0 Å². The molecule has 3 amide bonds. The number of rotatable bonds is 3. The van der Waals surface area contributed by atoms with E-state index in [4.69, 9.17) is 0 Å². The number of anilines is 2. The summed E-state index contributed by atoms with van der Waals surface area (Å²) in [5.74, 6) is 0.696. The predicted molar refractivity (Wildman–Crippen MR) is 124 cm³/mol. The maximum atomic E-state index is 13.0. The lowest BCUT2D eigenvalue weighted by atomic mass is 9.95. The zero-order valence-corrected chi connectivity index (χ0v) is 18.5. The second-order valence-corrected chi connectivity index (χ2v) is 8.83. The average molecular weight is 449 g/mol. The number of benzene rings is 1. The van der Waals surface area contributed by atoms with Crippen LogP contribution in [0.5, 0.6) is 0 Å². The van der Waals surface area contributed by atoms with E-state index >= 15 is 0 Å². The van der Waals surface area contributed by atoms with Crippen LogP contribution in [-0.4, -0.2) is 77.4 Å². The van der Waals surface area contributed by atoms with Crippen molar-refractivity contribution in [2.24, 2.45) is 0 Å². The first-order valence-electron chi connectivity index (χ1n) is 11.4. The van der Waals surface area contributed by atoms with Crippen molar-refractivity contribution < 1.29 is 14.4 Å². The quantitative estimate of drug-likeness (QED) is 0.735. The molecule has 172 valence electrons. The van der Waals surface area contributed by atoms with Crippen LogP contribution in [0.3, 0.4) is 0 Å². The minimum atomic E-state index is -0.673. The van der Waals surface area contributed by atoms with Gasteiger partial charge in [-0.1, -0.05) is 18.2 Å². The van der Waals surface area contributed by atoms with Crippen LogP contribution < -0.4 is 15.5 Å². The van der Waals surface area contributed by atoms with Crippen molar-refractivity contribution in [3.05, 3.63) is 54.2 Å². The van der Waals surface area contributed by atoms with Gasteiger partial charge in [-0.25, -0.2) is 4.98 Å². The number of nitrogens with zero attached hydrogens (tertiary/aromatic N) is 4. The maximum absolute atomic E-state index is 13.0. The molecule has 0 radical (unpaired) electrons. The molecule has 1 unspecified atom stereocenters. The van der Waals surface area contributed by atoms with Crippen LogP contribution in [0.15, 0.2) is 48.7 Å². The Labute approximate surface area is 192 Å². The number of amides is 3. The summed E-state index contributed by atoms with van der Waals surface area (Å²) in [4.78, 5) is 48.4. The van der Waals surface area contributed by atoms with Gasteiger partial charge < -0.3 is 25.3 Å². The van der Waals surface area contributed by atoms with E-state index in [1.54, 1.807) is 17.2 Å². The molecule has 2 fully saturated rings. The van der Waals surface area contributed by atoms with Gasteiger partial charge in [-0.15, -0.1) is 0 Å². The molecule has 3 aliphatic heterocycles. The summed E-state index contributed by atoms with van der Waals surface area (Å²) < 4.78 is 0. The number of piperazine rings is 1. The van der Waals surface area contributed by atoms with Gasteiger partial charge >= 0.3 is 0 Å². The molecular weight excluding hydrogens is 420 g/mol. The van der Waals surface area contributed by atoms with Gasteiger partial charge in [-0.3, -0.25) is 14.4 Å². The van der Waals surface area contributed by atoms with Gasteiger partial charge in [-0.05, 0) is 30.7 Å². The van der Waals surface area contributed by atoms with Crippen molar-refractivity contribution in [2.75, 3.05) is 49.5 Å². The summed E-state index contributed by atoms with van der Waals surface area (Å²) in [5.41, 5.74) is 0.715. The molecule has 2 saturated heterocycles. The Bertz CT molecular complexity index is 1050. The minimum absolute atomic E-state index is 0.0362. The molecule has 1 aromatic heterocycles. The maximum Gasteiger partial charge on any atom is 0.255 e. The van der Waals surface area contributed by atoms with E-state index in [1.807, 2.05) is 41.3 Å². The Kier molecular flexibility index (Phi) is 5.62. The largest absolute Gasteiger partial charge is 0.362 e. The number of likely N-dealkylation sites (tertiary alicyclic amines) is 1. The van der Waals surface area contributed by atoms with Crippen molar-refractivity contribution in [1.29, 1.82) is 0 Å². The number of hydrogen-bond donors (Lipinski definition) is 2. The number of carbonyl (C=O) groups excluding carboxylic acids is 3. The van der Waals surface area contributed by atoms with Crippen LogP contribution in [0.1, 0.15) is 29.6 Å². The Morgan fingerprint density at radius 1 is 0.939 bits per heavy atom. The second-order valence-electron chi connectivity index (χ2n) is 8.83. The Morgan fingerprint density at radius 3 is 2.52 bits per heavy atom. The molecule has 3 aliphatic rings. The Morgan fingerprint density at radius 2 is 1.73 bits per heavy atom. The molecule has 0 bridgehead atoms. The number of nitrogens with one attached hydrogen (secondary N) is 2. The normalized spacial score (nSPS) is 23.0. The van der Waals surface area contributed by atoms with E-state index in [9.17, 15) is 14.4 Å². The monoisotopic (exact) mass is 448 g/mol. The van der Waals surface area contributed by atoms with E-state index in [2.05, 4.69) is 20.5 Å². The van der Waals surface area contributed by atoms with E-state index in [0.29, 0.717) is 38.0 Å². The third-order valence-electron chi connectivity index (χ3n) is 6.76. The van der Waals surface area contributed by atoms with Crippen LogP contribution in [0, 0.1) is 0 Å². The highest BCUT2D eigenvalue weighted by Gasteiger charge is 2.40. The van der Waals surface area contributed by atoms with Crippen molar-refractivity contribution in [1.82, 2.24) is 20.1 Å². The summed E-state index contributed by atoms with van der Waals surface area (Å²) >= 11 is 0. The second kappa shape index (κ2) is 8.73. The fourth-order valence-corrected chi connectivity index (χ4v) is 4.82. The van der Waals surface area contributed by atoms with Crippen molar-refractivity contribution in [2.45, 2.75) is 24.9 Å². The third kappa shape index (κ3) is 4.35. The molecule has 2 N–H and O–H groups in total. The summed E-state index contributed by atoms with van der Waals surface area (Å²) in [6.07, 6.45) is 3.07. The Hall–Kier alpha value is -3.62.